The van der Waals surface area contributed by atoms with Crippen LogP contribution in [0.3, 0.4) is 0 Å². The van der Waals surface area contributed by atoms with Crippen LogP contribution in [0.5, 0.6) is 5.75 Å². The Bertz CT molecular complexity index is 472. The van der Waals surface area contributed by atoms with E-state index in [4.69, 9.17) is 9.47 Å². The number of methoxy groups -OCH3 is 1. The Morgan fingerprint density at radius 3 is 2.38 bits per heavy atom. The quantitative estimate of drug-likeness (QED) is 0.392. The third-order valence-electron chi connectivity index (χ3n) is 3.72. The van der Waals surface area contributed by atoms with Gasteiger partial charge in [-0.3, -0.25) is 4.99 Å². The van der Waals surface area contributed by atoms with Gasteiger partial charge in [0, 0.05) is 26.7 Å². The van der Waals surface area contributed by atoms with Crippen molar-refractivity contribution in [1.82, 2.24) is 10.6 Å². The Kier molecular flexibility index (Phi) is 9.92. The highest BCUT2D eigenvalue weighted by molar-refractivity contribution is 5.79. The van der Waals surface area contributed by atoms with Gasteiger partial charge in [-0.25, -0.2) is 0 Å². The van der Waals surface area contributed by atoms with Crippen molar-refractivity contribution in [3.05, 3.63) is 29.8 Å². The number of aliphatic imine (C=N–C) groups is 1. The molecule has 0 heterocycles. The van der Waals surface area contributed by atoms with Crippen molar-refractivity contribution in [3.8, 4) is 5.75 Å². The first-order chi connectivity index (χ1) is 11.5. The Morgan fingerprint density at radius 2 is 1.79 bits per heavy atom. The predicted molar refractivity (Wildman–Crippen MR) is 101 cm³/mol. The van der Waals surface area contributed by atoms with Gasteiger partial charge in [-0.2, -0.15) is 0 Å². The summed E-state index contributed by atoms with van der Waals surface area (Å²) in [4.78, 5) is 4.29. The number of guanidine groups is 1. The van der Waals surface area contributed by atoms with E-state index in [2.05, 4.69) is 48.5 Å². The van der Waals surface area contributed by atoms with Crippen LogP contribution >= 0.6 is 0 Å². The smallest absolute Gasteiger partial charge is 0.191 e. The maximum Gasteiger partial charge on any atom is 0.191 e. The molecule has 1 atom stereocenters. The van der Waals surface area contributed by atoms with Gasteiger partial charge in [0.25, 0.3) is 0 Å². The molecular weight excluding hydrogens is 302 g/mol. The molecule has 5 nitrogen and oxygen atoms in total. The minimum absolute atomic E-state index is 0.412. The summed E-state index contributed by atoms with van der Waals surface area (Å²) in [5.41, 5.74) is 1.19. The van der Waals surface area contributed by atoms with Gasteiger partial charge in [-0.05, 0) is 43.4 Å². The summed E-state index contributed by atoms with van der Waals surface area (Å²) in [7, 11) is 3.47. The van der Waals surface area contributed by atoms with Gasteiger partial charge in [0.1, 0.15) is 12.4 Å². The molecule has 0 saturated carbocycles. The number of rotatable bonds is 10. The molecule has 0 fully saturated rings. The van der Waals surface area contributed by atoms with Crippen molar-refractivity contribution in [2.75, 3.05) is 27.4 Å². The molecule has 0 aromatic heterocycles. The number of hydrogen-bond donors (Lipinski definition) is 2. The summed E-state index contributed by atoms with van der Waals surface area (Å²) in [5, 5.41) is 6.79. The average molecular weight is 335 g/mol. The highest BCUT2D eigenvalue weighted by atomic mass is 16.5. The zero-order valence-corrected chi connectivity index (χ0v) is 15.8. The normalized spacial score (nSPS) is 13.0. The fraction of sp³-hybridized carbons (Fsp3) is 0.632. The highest BCUT2D eigenvalue weighted by Crippen LogP contribution is 2.12. The van der Waals surface area contributed by atoms with E-state index in [-0.39, 0.29) is 0 Å². The Hall–Kier alpha value is -1.75. The topological polar surface area (TPSA) is 54.9 Å². The molecule has 1 unspecified atom stereocenters. The van der Waals surface area contributed by atoms with Crippen LogP contribution in [0.2, 0.25) is 0 Å². The molecule has 0 spiro atoms. The highest BCUT2D eigenvalue weighted by Gasteiger charge is 2.06. The lowest BCUT2D eigenvalue weighted by Crippen LogP contribution is -2.41. The lowest BCUT2D eigenvalue weighted by atomic mass is 10.0. The van der Waals surface area contributed by atoms with Crippen LogP contribution < -0.4 is 15.4 Å². The maximum atomic E-state index is 5.57. The molecule has 0 aliphatic rings. The third kappa shape index (κ3) is 8.77. The van der Waals surface area contributed by atoms with E-state index in [0.29, 0.717) is 19.3 Å². The fourth-order valence-corrected chi connectivity index (χ4v) is 2.22. The number of nitrogens with one attached hydrogen (secondary N) is 2. The fourth-order valence-electron chi connectivity index (χ4n) is 2.22. The van der Waals surface area contributed by atoms with Crippen molar-refractivity contribution in [1.29, 1.82) is 0 Å². The summed E-state index contributed by atoms with van der Waals surface area (Å²) in [6.45, 7) is 8.60. The van der Waals surface area contributed by atoms with Crippen molar-refractivity contribution >= 4 is 5.96 Å². The second-order valence-electron chi connectivity index (χ2n) is 6.43. The summed E-state index contributed by atoms with van der Waals surface area (Å²) in [5.74, 6) is 2.43. The summed E-state index contributed by atoms with van der Waals surface area (Å²) < 4.78 is 10.5. The predicted octanol–water partition coefficient (Wildman–Crippen LogP) is 3.20. The molecule has 0 bridgehead atoms. The number of hydrogen-bond acceptors (Lipinski definition) is 3. The van der Waals surface area contributed by atoms with Crippen LogP contribution in [0.25, 0.3) is 0 Å². The van der Waals surface area contributed by atoms with Crippen molar-refractivity contribution in [2.24, 2.45) is 10.9 Å². The molecule has 1 rings (SSSR count). The zero-order valence-electron chi connectivity index (χ0n) is 15.8. The number of benzene rings is 1. The minimum Gasteiger partial charge on any atom is -0.491 e. The van der Waals surface area contributed by atoms with Crippen LogP contribution in [-0.4, -0.2) is 39.4 Å². The zero-order chi connectivity index (χ0) is 17.8. The first-order valence-electron chi connectivity index (χ1n) is 8.73. The Balaban J connectivity index is 2.37. The summed E-state index contributed by atoms with van der Waals surface area (Å²) >= 11 is 0. The SMILES string of the molecule is CN=C(NCc1ccc(OCCOC)cc1)NC(C)CCC(C)C. The van der Waals surface area contributed by atoms with E-state index in [1.807, 2.05) is 12.1 Å². The molecular formula is C19H33N3O2. The molecule has 5 heteroatoms. The Labute approximate surface area is 146 Å². The van der Waals surface area contributed by atoms with E-state index in [1.165, 1.54) is 12.0 Å². The van der Waals surface area contributed by atoms with Gasteiger partial charge in [0.05, 0.1) is 6.61 Å². The average Bonchev–Trinajstić information content (AvgIpc) is 2.58. The van der Waals surface area contributed by atoms with Crippen LogP contribution in [0.1, 0.15) is 39.2 Å². The van der Waals surface area contributed by atoms with Gasteiger partial charge >= 0.3 is 0 Å². The molecule has 136 valence electrons. The van der Waals surface area contributed by atoms with Gasteiger partial charge in [-0.1, -0.05) is 26.0 Å². The summed E-state index contributed by atoms with van der Waals surface area (Å²) in [6.07, 6.45) is 2.36. The number of nitrogens with zero attached hydrogens (tertiary/aromatic N) is 1. The molecule has 1 aromatic rings. The molecule has 0 amide bonds. The molecule has 1 aromatic carbocycles. The van der Waals surface area contributed by atoms with Crippen LogP contribution in [-0.2, 0) is 11.3 Å². The lowest BCUT2D eigenvalue weighted by Gasteiger charge is -2.18. The third-order valence-corrected chi connectivity index (χ3v) is 3.72. The van der Waals surface area contributed by atoms with E-state index >= 15 is 0 Å². The molecule has 2 N–H and O–H groups in total. The van der Waals surface area contributed by atoms with Crippen molar-refractivity contribution in [3.63, 3.8) is 0 Å². The molecule has 0 radical (unpaired) electrons. The van der Waals surface area contributed by atoms with Gasteiger partial charge in [0.2, 0.25) is 0 Å². The van der Waals surface area contributed by atoms with E-state index < -0.39 is 0 Å². The molecule has 24 heavy (non-hydrogen) atoms. The first-order valence-corrected chi connectivity index (χ1v) is 8.73. The van der Waals surface area contributed by atoms with Crippen molar-refractivity contribution in [2.45, 2.75) is 46.2 Å². The molecule has 0 saturated heterocycles. The van der Waals surface area contributed by atoms with Crippen molar-refractivity contribution < 1.29 is 9.47 Å². The van der Waals surface area contributed by atoms with E-state index in [0.717, 1.165) is 30.6 Å². The van der Waals surface area contributed by atoms with E-state index in [1.54, 1.807) is 14.2 Å². The molecule has 0 aliphatic carbocycles. The monoisotopic (exact) mass is 335 g/mol. The number of ether oxygens (including phenoxy) is 2. The standard InChI is InChI=1S/C19H33N3O2/c1-15(2)6-7-16(3)22-19(20-4)21-14-17-8-10-18(11-9-17)24-13-12-23-5/h8-11,15-16H,6-7,12-14H2,1-5H3,(H2,20,21,22). The van der Waals surface area contributed by atoms with E-state index in [9.17, 15) is 0 Å². The Morgan fingerprint density at radius 1 is 1.08 bits per heavy atom. The molecule has 0 aliphatic heterocycles. The van der Waals surface area contributed by atoms with Crippen LogP contribution in [0.15, 0.2) is 29.3 Å². The van der Waals surface area contributed by atoms with Gasteiger partial charge < -0.3 is 20.1 Å². The second kappa shape index (κ2) is 11.7. The van der Waals surface area contributed by atoms with Crippen LogP contribution in [0, 0.1) is 5.92 Å². The minimum atomic E-state index is 0.412. The van der Waals surface area contributed by atoms with Gasteiger partial charge in [0.15, 0.2) is 5.96 Å². The lowest BCUT2D eigenvalue weighted by molar-refractivity contribution is 0.146. The first kappa shape index (κ1) is 20.3. The second-order valence-corrected chi connectivity index (χ2v) is 6.43. The van der Waals surface area contributed by atoms with Crippen LogP contribution in [0.4, 0.5) is 0 Å². The maximum absolute atomic E-state index is 5.57. The largest absolute Gasteiger partial charge is 0.491 e. The summed E-state index contributed by atoms with van der Waals surface area (Å²) in [6, 6.07) is 8.49. The van der Waals surface area contributed by atoms with Gasteiger partial charge in [-0.15, -0.1) is 0 Å².